The Bertz CT molecular complexity index is 374. The van der Waals surface area contributed by atoms with E-state index in [0.717, 1.165) is 0 Å². The SMILES string of the molecule is O=C(ON1CCOCC1)c1cccc(O)c1. The fourth-order valence-electron chi connectivity index (χ4n) is 1.44. The first-order valence-electron chi connectivity index (χ1n) is 5.10. The van der Waals surface area contributed by atoms with Crippen molar-refractivity contribution in [3.05, 3.63) is 29.8 Å². The van der Waals surface area contributed by atoms with Crippen LogP contribution < -0.4 is 0 Å². The number of phenols is 1. The summed E-state index contributed by atoms with van der Waals surface area (Å²) in [6.07, 6.45) is 0. The molecule has 0 radical (unpaired) electrons. The van der Waals surface area contributed by atoms with Crippen LogP contribution in [0.15, 0.2) is 24.3 Å². The van der Waals surface area contributed by atoms with Crippen molar-refractivity contribution >= 4 is 5.97 Å². The minimum absolute atomic E-state index is 0.0522. The maximum absolute atomic E-state index is 11.6. The predicted molar refractivity (Wildman–Crippen MR) is 55.9 cm³/mol. The third-order valence-electron chi connectivity index (χ3n) is 2.26. The van der Waals surface area contributed by atoms with Crippen LogP contribution in [-0.4, -0.2) is 42.4 Å². The molecule has 0 unspecified atom stereocenters. The van der Waals surface area contributed by atoms with E-state index in [-0.39, 0.29) is 5.75 Å². The van der Waals surface area contributed by atoms with Crippen LogP contribution in [0.1, 0.15) is 10.4 Å². The van der Waals surface area contributed by atoms with Crippen molar-refractivity contribution in [1.82, 2.24) is 5.06 Å². The molecule has 16 heavy (non-hydrogen) atoms. The lowest BCUT2D eigenvalue weighted by Crippen LogP contribution is -2.37. The van der Waals surface area contributed by atoms with Gasteiger partial charge in [-0.1, -0.05) is 6.07 Å². The Balaban J connectivity index is 1.97. The molecule has 0 aromatic heterocycles. The molecule has 5 heteroatoms. The zero-order chi connectivity index (χ0) is 11.4. The first-order chi connectivity index (χ1) is 7.75. The van der Waals surface area contributed by atoms with Gasteiger partial charge in [-0.3, -0.25) is 0 Å². The number of hydrogen-bond acceptors (Lipinski definition) is 5. The molecule has 1 aliphatic heterocycles. The van der Waals surface area contributed by atoms with Crippen LogP contribution in [0.3, 0.4) is 0 Å². The van der Waals surface area contributed by atoms with Crippen LogP contribution in [0.25, 0.3) is 0 Å². The molecule has 0 amide bonds. The number of hydrogen-bond donors (Lipinski definition) is 1. The van der Waals surface area contributed by atoms with Gasteiger partial charge in [0, 0.05) is 0 Å². The summed E-state index contributed by atoms with van der Waals surface area (Å²) in [5, 5.41) is 10.8. The quantitative estimate of drug-likeness (QED) is 0.803. The molecule has 1 saturated heterocycles. The molecule has 1 aromatic carbocycles. The average molecular weight is 223 g/mol. The third-order valence-corrected chi connectivity index (χ3v) is 2.26. The largest absolute Gasteiger partial charge is 0.508 e. The van der Waals surface area contributed by atoms with Crippen molar-refractivity contribution in [3.8, 4) is 5.75 Å². The first kappa shape index (κ1) is 10.9. The van der Waals surface area contributed by atoms with E-state index in [1.165, 1.54) is 12.1 Å². The maximum Gasteiger partial charge on any atom is 0.357 e. The Labute approximate surface area is 93.1 Å². The third kappa shape index (κ3) is 2.71. The van der Waals surface area contributed by atoms with Crippen LogP contribution in [-0.2, 0) is 9.57 Å². The number of morpholine rings is 1. The molecule has 1 aliphatic rings. The molecule has 1 aromatic rings. The van der Waals surface area contributed by atoms with E-state index >= 15 is 0 Å². The van der Waals surface area contributed by atoms with Crippen molar-refractivity contribution in [2.75, 3.05) is 26.3 Å². The van der Waals surface area contributed by atoms with E-state index in [1.807, 2.05) is 0 Å². The molecule has 0 saturated carbocycles. The van der Waals surface area contributed by atoms with Gasteiger partial charge in [0.15, 0.2) is 0 Å². The van der Waals surface area contributed by atoms with E-state index < -0.39 is 5.97 Å². The monoisotopic (exact) mass is 223 g/mol. The number of rotatable bonds is 2. The normalized spacial score (nSPS) is 17.0. The van der Waals surface area contributed by atoms with Gasteiger partial charge in [-0.15, -0.1) is 5.06 Å². The lowest BCUT2D eigenvalue weighted by Gasteiger charge is -2.24. The smallest absolute Gasteiger partial charge is 0.357 e. The fraction of sp³-hybridized carbons (Fsp3) is 0.364. The van der Waals surface area contributed by atoms with Crippen LogP contribution in [0.5, 0.6) is 5.75 Å². The van der Waals surface area contributed by atoms with Gasteiger partial charge in [0.05, 0.1) is 31.9 Å². The van der Waals surface area contributed by atoms with Crippen LogP contribution in [0.4, 0.5) is 0 Å². The standard InChI is InChI=1S/C11H13NO4/c13-10-3-1-2-9(8-10)11(14)16-12-4-6-15-7-5-12/h1-3,8,13H,4-7H2. The highest BCUT2D eigenvalue weighted by Crippen LogP contribution is 2.12. The van der Waals surface area contributed by atoms with Crippen LogP contribution in [0.2, 0.25) is 0 Å². The van der Waals surface area contributed by atoms with Crippen molar-refractivity contribution in [1.29, 1.82) is 0 Å². The van der Waals surface area contributed by atoms with Crippen molar-refractivity contribution in [3.63, 3.8) is 0 Å². The highest BCUT2D eigenvalue weighted by atomic mass is 16.7. The second-order valence-electron chi connectivity index (χ2n) is 3.47. The second-order valence-corrected chi connectivity index (χ2v) is 3.47. The highest BCUT2D eigenvalue weighted by Gasteiger charge is 2.16. The number of carbonyl (C=O) groups is 1. The zero-order valence-electron chi connectivity index (χ0n) is 8.76. The second kappa shape index (κ2) is 4.96. The van der Waals surface area contributed by atoms with Gasteiger partial charge < -0.3 is 14.7 Å². The molecule has 2 rings (SSSR count). The Morgan fingerprint density at radius 1 is 1.38 bits per heavy atom. The molecule has 5 nitrogen and oxygen atoms in total. The summed E-state index contributed by atoms with van der Waals surface area (Å²) in [6.45, 7) is 2.27. The van der Waals surface area contributed by atoms with Crippen molar-refractivity contribution < 1.29 is 19.5 Å². The van der Waals surface area contributed by atoms with Gasteiger partial charge in [0.25, 0.3) is 0 Å². The van der Waals surface area contributed by atoms with Gasteiger partial charge in [-0.25, -0.2) is 4.79 Å². The van der Waals surface area contributed by atoms with E-state index in [4.69, 9.17) is 9.57 Å². The number of nitrogens with zero attached hydrogens (tertiary/aromatic N) is 1. The summed E-state index contributed by atoms with van der Waals surface area (Å²) in [6, 6.07) is 6.09. The lowest BCUT2D eigenvalue weighted by molar-refractivity contribution is -0.150. The number of phenolic OH excluding ortho intramolecular Hbond substituents is 1. The Morgan fingerprint density at radius 3 is 2.81 bits per heavy atom. The van der Waals surface area contributed by atoms with Crippen molar-refractivity contribution in [2.45, 2.75) is 0 Å². The predicted octanol–water partition coefficient (Wildman–Crippen LogP) is 0.796. The molecule has 1 fully saturated rings. The lowest BCUT2D eigenvalue weighted by atomic mass is 10.2. The van der Waals surface area contributed by atoms with Gasteiger partial charge in [-0.2, -0.15) is 0 Å². The highest BCUT2D eigenvalue weighted by molar-refractivity contribution is 5.89. The fourth-order valence-corrected chi connectivity index (χ4v) is 1.44. The van der Waals surface area contributed by atoms with E-state index in [9.17, 15) is 9.90 Å². The Hall–Kier alpha value is -1.59. The molecule has 86 valence electrons. The van der Waals surface area contributed by atoms with E-state index in [0.29, 0.717) is 31.9 Å². The average Bonchev–Trinajstić information content (AvgIpc) is 2.30. The molecular weight excluding hydrogens is 210 g/mol. The summed E-state index contributed by atoms with van der Waals surface area (Å²) in [7, 11) is 0. The number of benzene rings is 1. The van der Waals surface area contributed by atoms with Crippen LogP contribution >= 0.6 is 0 Å². The Morgan fingerprint density at radius 2 is 2.12 bits per heavy atom. The number of hydroxylamine groups is 2. The summed E-state index contributed by atoms with van der Waals surface area (Å²) in [5.74, 6) is -0.408. The summed E-state index contributed by atoms with van der Waals surface area (Å²) < 4.78 is 5.13. The molecular formula is C11H13NO4. The summed E-state index contributed by atoms with van der Waals surface area (Å²) in [4.78, 5) is 16.8. The maximum atomic E-state index is 11.6. The molecule has 0 spiro atoms. The van der Waals surface area contributed by atoms with E-state index in [1.54, 1.807) is 17.2 Å². The summed E-state index contributed by atoms with van der Waals surface area (Å²) in [5.41, 5.74) is 0.339. The minimum Gasteiger partial charge on any atom is -0.508 e. The molecule has 1 N–H and O–H groups in total. The van der Waals surface area contributed by atoms with E-state index in [2.05, 4.69) is 0 Å². The van der Waals surface area contributed by atoms with Crippen LogP contribution in [0, 0.1) is 0 Å². The van der Waals surface area contributed by atoms with Gasteiger partial charge in [-0.05, 0) is 18.2 Å². The summed E-state index contributed by atoms with van der Waals surface area (Å²) >= 11 is 0. The number of aromatic hydroxyl groups is 1. The van der Waals surface area contributed by atoms with Gasteiger partial charge in [0.1, 0.15) is 5.75 Å². The molecule has 0 atom stereocenters. The van der Waals surface area contributed by atoms with Crippen molar-refractivity contribution in [2.24, 2.45) is 0 Å². The zero-order valence-corrected chi connectivity index (χ0v) is 8.76. The number of carbonyl (C=O) groups excluding carboxylic acids is 1. The number of ether oxygens (including phenoxy) is 1. The topological polar surface area (TPSA) is 59.0 Å². The first-order valence-corrected chi connectivity index (χ1v) is 5.10. The molecule has 1 heterocycles. The molecule has 0 bridgehead atoms. The minimum atomic E-state index is -0.460. The van der Waals surface area contributed by atoms with Gasteiger partial charge in [0.2, 0.25) is 0 Å². The van der Waals surface area contributed by atoms with Gasteiger partial charge >= 0.3 is 5.97 Å². The Kier molecular flexibility index (Phi) is 3.38. The molecule has 0 aliphatic carbocycles.